The molecule has 0 atom stereocenters. The van der Waals surface area contributed by atoms with Gasteiger partial charge in [-0.3, -0.25) is 4.99 Å². The van der Waals surface area contributed by atoms with Crippen LogP contribution >= 0.6 is 11.8 Å². The van der Waals surface area contributed by atoms with Crippen molar-refractivity contribution in [2.45, 2.75) is 25.1 Å². The standard InChI is InChI=1S/C17H28N4O2S2/c1-17(2)14-21(10-11-24-17)16(18-3)19-9-12-25(22,23)20-13-15-7-5-4-6-8-15/h4-8,20H,9-14H2,1-3H3,(H,18,19). The molecule has 1 fully saturated rings. The summed E-state index contributed by atoms with van der Waals surface area (Å²) in [6.07, 6.45) is 0. The minimum absolute atomic E-state index is 0.0187. The van der Waals surface area contributed by atoms with Gasteiger partial charge in [0.15, 0.2) is 5.96 Å². The molecule has 1 aromatic rings. The molecule has 8 heteroatoms. The Labute approximate surface area is 155 Å². The highest BCUT2D eigenvalue weighted by Crippen LogP contribution is 2.29. The number of hydrogen-bond acceptors (Lipinski definition) is 4. The smallest absolute Gasteiger partial charge is 0.213 e. The normalized spacial score (nSPS) is 18.2. The Kier molecular flexibility index (Phi) is 7.15. The molecule has 2 N–H and O–H groups in total. The molecule has 1 aromatic carbocycles. The summed E-state index contributed by atoms with van der Waals surface area (Å²) in [7, 11) is -1.59. The number of guanidine groups is 1. The van der Waals surface area contributed by atoms with Crippen LogP contribution in [-0.4, -0.2) is 62.2 Å². The van der Waals surface area contributed by atoms with E-state index in [0.717, 1.165) is 30.4 Å². The monoisotopic (exact) mass is 384 g/mol. The molecule has 1 saturated heterocycles. The lowest BCUT2D eigenvalue weighted by Crippen LogP contribution is -2.51. The lowest BCUT2D eigenvalue weighted by Gasteiger charge is -2.39. The van der Waals surface area contributed by atoms with Crippen molar-refractivity contribution in [1.29, 1.82) is 0 Å². The van der Waals surface area contributed by atoms with E-state index in [1.54, 1.807) is 7.05 Å². The lowest BCUT2D eigenvalue weighted by molar-refractivity contribution is 0.377. The van der Waals surface area contributed by atoms with Crippen LogP contribution in [0.15, 0.2) is 35.3 Å². The third kappa shape index (κ3) is 6.87. The van der Waals surface area contributed by atoms with E-state index in [1.165, 1.54) is 0 Å². The third-order valence-corrected chi connectivity index (χ3v) is 6.55. The lowest BCUT2D eigenvalue weighted by atomic mass is 10.2. The summed E-state index contributed by atoms with van der Waals surface area (Å²) < 4.78 is 27.1. The Hall–Kier alpha value is -1.25. The van der Waals surface area contributed by atoms with Gasteiger partial charge in [0.05, 0.1) is 5.75 Å². The SMILES string of the molecule is CN=C(NCCS(=O)(=O)NCc1ccccc1)N1CCSC(C)(C)C1. The highest BCUT2D eigenvalue weighted by atomic mass is 32.2. The molecule has 1 aliphatic rings. The highest BCUT2D eigenvalue weighted by molar-refractivity contribution is 8.00. The van der Waals surface area contributed by atoms with Crippen molar-refractivity contribution >= 4 is 27.7 Å². The number of sulfonamides is 1. The molecular weight excluding hydrogens is 356 g/mol. The van der Waals surface area contributed by atoms with Crippen molar-refractivity contribution in [3.05, 3.63) is 35.9 Å². The van der Waals surface area contributed by atoms with Crippen LogP contribution in [0.25, 0.3) is 0 Å². The molecule has 0 saturated carbocycles. The van der Waals surface area contributed by atoms with Gasteiger partial charge in [-0.1, -0.05) is 30.3 Å². The molecule has 6 nitrogen and oxygen atoms in total. The topological polar surface area (TPSA) is 73.8 Å². The van der Waals surface area contributed by atoms with Crippen molar-refractivity contribution < 1.29 is 8.42 Å². The van der Waals surface area contributed by atoms with Crippen molar-refractivity contribution in [2.75, 3.05) is 38.2 Å². The maximum absolute atomic E-state index is 12.1. The van der Waals surface area contributed by atoms with E-state index in [2.05, 4.69) is 33.8 Å². The number of aliphatic imine (C=N–C) groups is 1. The first-order chi connectivity index (χ1) is 11.8. The molecule has 0 unspecified atom stereocenters. The van der Waals surface area contributed by atoms with E-state index in [0.29, 0.717) is 13.1 Å². The van der Waals surface area contributed by atoms with E-state index in [4.69, 9.17) is 0 Å². The second kappa shape index (κ2) is 8.91. The van der Waals surface area contributed by atoms with Gasteiger partial charge in [-0.2, -0.15) is 11.8 Å². The summed E-state index contributed by atoms with van der Waals surface area (Å²) in [6, 6.07) is 9.51. The fourth-order valence-corrected chi connectivity index (χ4v) is 4.70. The molecule has 0 aliphatic carbocycles. The largest absolute Gasteiger partial charge is 0.355 e. The minimum Gasteiger partial charge on any atom is -0.355 e. The number of nitrogens with one attached hydrogen (secondary N) is 2. The highest BCUT2D eigenvalue weighted by Gasteiger charge is 2.28. The summed E-state index contributed by atoms with van der Waals surface area (Å²) in [5.41, 5.74) is 0.947. The van der Waals surface area contributed by atoms with Crippen molar-refractivity contribution in [3.63, 3.8) is 0 Å². The van der Waals surface area contributed by atoms with Gasteiger partial charge in [0.1, 0.15) is 0 Å². The summed E-state index contributed by atoms with van der Waals surface area (Å²) in [6.45, 7) is 6.91. The van der Waals surface area contributed by atoms with E-state index in [-0.39, 0.29) is 10.5 Å². The number of thioether (sulfide) groups is 1. The van der Waals surface area contributed by atoms with Crippen molar-refractivity contribution in [2.24, 2.45) is 4.99 Å². The molecule has 0 spiro atoms. The van der Waals surface area contributed by atoms with Gasteiger partial charge in [0.25, 0.3) is 0 Å². The number of nitrogens with zero attached hydrogens (tertiary/aromatic N) is 2. The van der Waals surface area contributed by atoms with Crippen LogP contribution in [0.1, 0.15) is 19.4 Å². The van der Waals surface area contributed by atoms with E-state index in [1.807, 2.05) is 42.1 Å². The fraction of sp³-hybridized carbons (Fsp3) is 0.588. The predicted molar refractivity (Wildman–Crippen MR) is 107 cm³/mol. The zero-order valence-corrected chi connectivity index (χ0v) is 16.8. The zero-order valence-electron chi connectivity index (χ0n) is 15.2. The summed E-state index contributed by atoms with van der Waals surface area (Å²) in [5, 5.41) is 3.18. The molecule has 140 valence electrons. The Morgan fingerprint density at radius 2 is 2.04 bits per heavy atom. The molecule has 25 heavy (non-hydrogen) atoms. The van der Waals surface area contributed by atoms with Crippen LogP contribution in [0, 0.1) is 0 Å². The van der Waals surface area contributed by atoms with E-state index >= 15 is 0 Å². The van der Waals surface area contributed by atoms with Crippen molar-refractivity contribution in [3.8, 4) is 0 Å². The molecule has 0 bridgehead atoms. The summed E-state index contributed by atoms with van der Waals surface area (Å²) in [4.78, 5) is 6.49. The average molecular weight is 385 g/mol. The van der Waals surface area contributed by atoms with Gasteiger partial charge < -0.3 is 10.2 Å². The first-order valence-electron chi connectivity index (χ1n) is 8.42. The number of rotatable bonds is 6. The van der Waals surface area contributed by atoms with Gasteiger partial charge >= 0.3 is 0 Å². The molecule has 1 heterocycles. The maximum Gasteiger partial charge on any atom is 0.213 e. The minimum atomic E-state index is -3.33. The summed E-state index contributed by atoms with van der Waals surface area (Å²) in [5.74, 6) is 1.83. The Morgan fingerprint density at radius 1 is 1.32 bits per heavy atom. The van der Waals surface area contributed by atoms with Gasteiger partial charge in [-0.05, 0) is 19.4 Å². The fourth-order valence-electron chi connectivity index (χ4n) is 2.69. The van der Waals surface area contributed by atoms with Crippen LogP contribution in [-0.2, 0) is 16.6 Å². The van der Waals surface area contributed by atoms with E-state index < -0.39 is 10.0 Å². The van der Waals surface area contributed by atoms with Crippen LogP contribution in [0.3, 0.4) is 0 Å². The number of benzene rings is 1. The molecule has 0 radical (unpaired) electrons. The van der Waals surface area contributed by atoms with Gasteiger partial charge in [-0.15, -0.1) is 0 Å². The van der Waals surface area contributed by atoms with Gasteiger partial charge in [-0.25, -0.2) is 13.1 Å². The van der Waals surface area contributed by atoms with Crippen molar-refractivity contribution in [1.82, 2.24) is 14.9 Å². The number of hydrogen-bond donors (Lipinski definition) is 2. The maximum atomic E-state index is 12.1. The quantitative estimate of drug-likeness (QED) is 0.574. The third-order valence-electron chi connectivity index (χ3n) is 3.93. The van der Waals surface area contributed by atoms with Crippen LogP contribution < -0.4 is 10.0 Å². The van der Waals surface area contributed by atoms with E-state index in [9.17, 15) is 8.42 Å². The zero-order chi connectivity index (χ0) is 18.3. The van der Waals surface area contributed by atoms with Crippen LogP contribution in [0.5, 0.6) is 0 Å². The molecule has 0 aromatic heterocycles. The van der Waals surface area contributed by atoms with Gasteiger partial charge in [0.2, 0.25) is 10.0 Å². The van der Waals surface area contributed by atoms with Crippen LogP contribution in [0.4, 0.5) is 0 Å². The first kappa shape index (κ1) is 20.1. The molecule has 0 amide bonds. The second-order valence-electron chi connectivity index (χ2n) is 6.63. The molecule has 1 aliphatic heterocycles. The Morgan fingerprint density at radius 3 is 2.68 bits per heavy atom. The van der Waals surface area contributed by atoms with Gasteiger partial charge in [0, 0.05) is 43.7 Å². The van der Waals surface area contributed by atoms with Crippen LogP contribution in [0.2, 0.25) is 0 Å². The molecule has 2 rings (SSSR count). The Bertz CT molecular complexity index is 675. The molecular formula is C17H28N4O2S2. The second-order valence-corrected chi connectivity index (χ2v) is 10.4. The Balaban J connectivity index is 1.79. The average Bonchev–Trinajstić information content (AvgIpc) is 2.57. The summed E-state index contributed by atoms with van der Waals surface area (Å²) >= 11 is 1.95. The predicted octanol–water partition coefficient (Wildman–Crippen LogP) is 1.51. The first-order valence-corrected chi connectivity index (χ1v) is 11.1.